The Labute approximate surface area is 381 Å². The Balaban J connectivity index is 1.72. The molecule has 4 heteroatoms. The largest absolute Gasteiger partial charge is 0.494 e. The van der Waals surface area contributed by atoms with Crippen molar-refractivity contribution in [3.63, 3.8) is 0 Å². The van der Waals surface area contributed by atoms with E-state index in [-0.39, 0.29) is 5.04 Å². The molecule has 0 atom stereocenters. The molecule has 3 aromatic rings. The van der Waals surface area contributed by atoms with Crippen molar-refractivity contribution in [2.75, 3.05) is 19.8 Å². The number of hydrogen-bond acceptors (Lipinski definition) is 3. The van der Waals surface area contributed by atoms with E-state index in [2.05, 4.69) is 101 Å². The highest BCUT2D eigenvalue weighted by atomic mass is 28.4. The van der Waals surface area contributed by atoms with Crippen LogP contribution >= 0.6 is 0 Å². The second kappa shape index (κ2) is 29.9. The quantitative estimate of drug-likeness (QED) is 0.0414. The average molecular weight is 853 g/mol. The molecule has 0 bridgehead atoms. The van der Waals surface area contributed by atoms with Crippen molar-refractivity contribution >= 4 is 8.32 Å². The molecular weight excluding hydrogens is 773 g/mol. The third-order valence-corrected chi connectivity index (χ3v) is 16.6. The SMILES string of the molecule is C#Cc1cc(C#Cc2cc(C#Cc3cc(C#C)cc(OCCCCCCCCCCCC)c3)cc(CCO[Si](C)(C)C(C)(C)C)c2)cc(OCCCCCCCCCCCC)c1. The molecule has 0 heterocycles. The van der Waals surface area contributed by atoms with Crippen LogP contribution in [0.4, 0.5) is 0 Å². The van der Waals surface area contributed by atoms with Crippen molar-refractivity contribution in [2.24, 2.45) is 0 Å². The molecule has 0 unspecified atom stereocenters. The van der Waals surface area contributed by atoms with Gasteiger partial charge in [0.15, 0.2) is 8.32 Å². The first-order valence-electron chi connectivity index (χ1n) is 24.3. The molecule has 62 heavy (non-hydrogen) atoms. The van der Waals surface area contributed by atoms with E-state index in [9.17, 15) is 0 Å². The van der Waals surface area contributed by atoms with Crippen molar-refractivity contribution in [2.45, 2.75) is 188 Å². The monoisotopic (exact) mass is 853 g/mol. The van der Waals surface area contributed by atoms with Gasteiger partial charge in [-0.3, -0.25) is 0 Å². The number of terminal acetylenes is 2. The van der Waals surface area contributed by atoms with E-state index < -0.39 is 8.32 Å². The number of unbranched alkanes of at least 4 members (excludes halogenated alkanes) is 18. The Kier molecular flexibility index (Phi) is 25.1. The van der Waals surface area contributed by atoms with Crippen molar-refractivity contribution in [1.82, 2.24) is 0 Å². The van der Waals surface area contributed by atoms with Crippen LogP contribution in [0.1, 0.15) is 202 Å². The predicted octanol–water partition coefficient (Wildman–Crippen LogP) is 15.6. The lowest BCUT2D eigenvalue weighted by Gasteiger charge is -2.36. The summed E-state index contributed by atoms with van der Waals surface area (Å²) in [4.78, 5) is 0. The van der Waals surface area contributed by atoms with Gasteiger partial charge in [-0.1, -0.05) is 186 Å². The van der Waals surface area contributed by atoms with Crippen molar-refractivity contribution in [1.29, 1.82) is 0 Å². The van der Waals surface area contributed by atoms with Crippen LogP contribution in [0.15, 0.2) is 54.6 Å². The molecule has 0 N–H and O–H groups in total. The van der Waals surface area contributed by atoms with Gasteiger partial charge in [0, 0.05) is 40.0 Å². The van der Waals surface area contributed by atoms with E-state index in [0.717, 1.165) is 69.7 Å². The molecule has 0 aromatic heterocycles. The molecular formula is C58H80O3Si. The van der Waals surface area contributed by atoms with Crippen LogP contribution in [0.2, 0.25) is 18.1 Å². The molecule has 0 aliphatic rings. The van der Waals surface area contributed by atoms with Crippen LogP contribution in [0.3, 0.4) is 0 Å². The highest BCUT2D eigenvalue weighted by molar-refractivity contribution is 6.74. The molecule has 334 valence electrons. The summed E-state index contributed by atoms with van der Waals surface area (Å²) in [7, 11) is -1.90. The zero-order chi connectivity index (χ0) is 44.9. The minimum atomic E-state index is -1.90. The van der Waals surface area contributed by atoms with Gasteiger partial charge in [0.25, 0.3) is 0 Å². The first-order valence-corrected chi connectivity index (χ1v) is 27.2. The molecule has 0 saturated carbocycles. The second-order valence-corrected chi connectivity index (χ2v) is 23.4. The van der Waals surface area contributed by atoms with Gasteiger partial charge in [0.2, 0.25) is 0 Å². The first kappa shape index (κ1) is 52.0. The van der Waals surface area contributed by atoms with E-state index in [4.69, 9.17) is 26.7 Å². The summed E-state index contributed by atoms with van der Waals surface area (Å²) in [5, 5.41) is 0.141. The van der Waals surface area contributed by atoms with E-state index in [1.54, 1.807) is 0 Å². The fourth-order valence-electron chi connectivity index (χ4n) is 7.14. The molecule has 3 nitrogen and oxygen atoms in total. The number of benzene rings is 3. The lowest BCUT2D eigenvalue weighted by Crippen LogP contribution is -2.41. The van der Waals surface area contributed by atoms with E-state index in [1.165, 1.54) is 116 Å². The second-order valence-electron chi connectivity index (χ2n) is 18.6. The fraction of sp³-hybridized carbons (Fsp3) is 0.552. The Morgan fingerprint density at radius 1 is 0.435 bits per heavy atom. The Hall–Kier alpha value is -4.32. The topological polar surface area (TPSA) is 27.7 Å². The summed E-state index contributed by atoms with van der Waals surface area (Å²) >= 11 is 0. The van der Waals surface area contributed by atoms with Gasteiger partial charge in [0.05, 0.1) is 13.2 Å². The summed E-state index contributed by atoms with van der Waals surface area (Å²) in [6.45, 7) is 18.0. The lowest BCUT2D eigenvalue weighted by molar-refractivity contribution is 0.292. The zero-order valence-corrected chi connectivity index (χ0v) is 41.0. The summed E-state index contributed by atoms with van der Waals surface area (Å²) in [5.74, 6) is 20.7. The van der Waals surface area contributed by atoms with Crippen LogP contribution in [0.25, 0.3) is 0 Å². The third-order valence-electron chi connectivity index (χ3n) is 12.0. The summed E-state index contributed by atoms with van der Waals surface area (Å²) in [6.07, 6.45) is 38.4. The maximum atomic E-state index is 6.58. The van der Waals surface area contributed by atoms with E-state index >= 15 is 0 Å². The number of ether oxygens (including phenoxy) is 2. The Morgan fingerprint density at radius 2 is 0.758 bits per heavy atom. The number of rotatable bonds is 28. The smallest absolute Gasteiger partial charge is 0.191 e. The van der Waals surface area contributed by atoms with Crippen LogP contribution in [0, 0.1) is 48.4 Å². The minimum Gasteiger partial charge on any atom is -0.494 e. The summed E-state index contributed by atoms with van der Waals surface area (Å²) in [5.41, 5.74) is 6.09. The molecule has 0 spiro atoms. The van der Waals surface area contributed by atoms with Gasteiger partial charge >= 0.3 is 0 Å². The molecule has 0 saturated heterocycles. The first-order chi connectivity index (χ1) is 30.0. The van der Waals surface area contributed by atoms with E-state index in [1.807, 2.05) is 36.4 Å². The van der Waals surface area contributed by atoms with Crippen LogP contribution in [0.5, 0.6) is 11.5 Å². The Morgan fingerprint density at radius 3 is 1.11 bits per heavy atom. The normalized spacial score (nSPS) is 11.2. The average Bonchev–Trinajstić information content (AvgIpc) is 3.25. The Bertz CT molecular complexity index is 1840. The molecule has 0 radical (unpaired) electrons. The van der Waals surface area contributed by atoms with Gasteiger partial charge in [-0.25, -0.2) is 0 Å². The lowest BCUT2D eigenvalue weighted by atomic mass is 10.0. The third kappa shape index (κ3) is 21.7. The summed E-state index contributed by atoms with van der Waals surface area (Å²) < 4.78 is 19.0. The maximum absolute atomic E-state index is 6.58. The maximum Gasteiger partial charge on any atom is 0.191 e. The zero-order valence-electron chi connectivity index (χ0n) is 40.0. The predicted molar refractivity (Wildman–Crippen MR) is 269 cm³/mol. The molecule has 0 fully saturated rings. The van der Waals surface area contributed by atoms with E-state index in [0.29, 0.717) is 19.8 Å². The molecule has 0 aliphatic heterocycles. The highest BCUT2D eigenvalue weighted by Gasteiger charge is 2.36. The minimum absolute atomic E-state index is 0.141. The van der Waals surface area contributed by atoms with Crippen LogP contribution in [-0.2, 0) is 10.8 Å². The summed E-state index contributed by atoms with van der Waals surface area (Å²) in [6, 6.07) is 18.1. The van der Waals surface area contributed by atoms with Gasteiger partial charge in [0.1, 0.15) is 11.5 Å². The van der Waals surface area contributed by atoms with Gasteiger partial charge < -0.3 is 13.9 Å². The van der Waals surface area contributed by atoms with Crippen molar-refractivity contribution in [3.8, 4) is 59.9 Å². The molecule has 0 aliphatic carbocycles. The van der Waals surface area contributed by atoms with Crippen LogP contribution < -0.4 is 9.47 Å². The van der Waals surface area contributed by atoms with Gasteiger partial charge in [-0.05, 0) is 97.6 Å². The van der Waals surface area contributed by atoms with Gasteiger partial charge in [-0.15, -0.1) is 12.8 Å². The molecule has 3 aromatic carbocycles. The molecule has 0 amide bonds. The highest BCUT2D eigenvalue weighted by Crippen LogP contribution is 2.36. The van der Waals surface area contributed by atoms with Crippen molar-refractivity contribution in [3.05, 3.63) is 93.5 Å². The van der Waals surface area contributed by atoms with Crippen molar-refractivity contribution < 1.29 is 13.9 Å². The van der Waals surface area contributed by atoms with Crippen LogP contribution in [-0.4, -0.2) is 28.1 Å². The fourth-order valence-corrected chi connectivity index (χ4v) is 8.19. The van der Waals surface area contributed by atoms with Gasteiger partial charge in [-0.2, -0.15) is 0 Å². The molecule has 3 rings (SSSR count). The standard InChI is InChI=1S/C58H80O3Si/c1-10-14-16-18-20-22-24-26-28-30-37-59-56-45-49(12-3)40-53(47-56)34-32-51-42-52(44-55(43-51)36-39-61-62(8,9)58(5,6)7)33-35-54-41-50(13-4)46-57(48-54)60-38-31-29-27-25-23-21-19-17-15-11-2/h3-4,40-48H,10-11,14-31,36-39H2,1-2,5-9H3. The number of hydrogen-bond donors (Lipinski definition) is 0.